The molecule has 127 valence electrons. The van der Waals surface area contributed by atoms with E-state index in [2.05, 4.69) is 33.5 Å². The van der Waals surface area contributed by atoms with E-state index in [4.69, 9.17) is 4.74 Å². The fourth-order valence-corrected chi connectivity index (χ4v) is 2.91. The van der Waals surface area contributed by atoms with Crippen LogP contribution in [0.15, 0.2) is 24.4 Å². The van der Waals surface area contributed by atoms with Crippen molar-refractivity contribution in [3.05, 3.63) is 36.2 Å². The number of amides is 1. The van der Waals surface area contributed by atoms with Crippen LogP contribution in [-0.4, -0.2) is 53.8 Å². The number of likely N-dealkylation sites (tertiary alicyclic amines) is 1. The summed E-state index contributed by atoms with van der Waals surface area (Å²) in [6.07, 6.45) is 3.83. The zero-order valence-corrected chi connectivity index (χ0v) is 14.1. The number of nitrogens with one attached hydrogen (secondary N) is 2. The van der Waals surface area contributed by atoms with Crippen LogP contribution in [0, 0.1) is 13.0 Å². The highest BCUT2D eigenvalue weighted by Crippen LogP contribution is 2.25. The van der Waals surface area contributed by atoms with E-state index in [-0.39, 0.29) is 18.6 Å². The summed E-state index contributed by atoms with van der Waals surface area (Å²) in [5.41, 5.74) is 2.89. The minimum absolute atomic E-state index is 0.0218. The number of hydrogen-bond donors (Lipinski definition) is 2. The number of aromatic amines is 1. The van der Waals surface area contributed by atoms with E-state index in [9.17, 15) is 4.79 Å². The zero-order valence-electron chi connectivity index (χ0n) is 14.1. The van der Waals surface area contributed by atoms with Crippen LogP contribution in [0.5, 0.6) is 5.75 Å². The molecule has 0 unspecified atom stereocenters. The van der Waals surface area contributed by atoms with E-state index >= 15 is 0 Å². The number of rotatable bonds is 5. The molecule has 1 radical (unpaired) electrons. The molecule has 1 saturated heterocycles. The second-order valence-electron chi connectivity index (χ2n) is 6.28. The highest BCUT2D eigenvalue weighted by Gasteiger charge is 2.18. The highest BCUT2D eigenvalue weighted by atomic mass is 16.5. The number of aromatic nitrogens is 2. The lowest BCUT2D eigenvalue weighted by Crippen LogP contribution is -2.44. The predicted octanol–water partition coefficient (Wildman–Crippen LogP) is 1.77. The lowest BCUT2D eigenvalue weighted by Gasteiger charge is -2.29. The van der Waals surface area contributed by atoms with E-state index in [1.165, 1.54) is 0 Å². The van der Waals surface area contributed by atoms with E-state index in [0.717, 1.165) is 42.8 Å². The second kappa shape index (κ2) is 7.49. The van der Waals surface area contributed by atoms with Crippen molar-refractivity contribution >= 4 is 5.91 Å². The number of carbonyl (C=O) groups is 1. The normalized spacial score (nSPS) is 16.1. The van der Waals surface area contributed by atoms with Gasteiger partial charge in [-0.2, -0.15) is 5.10 Å². The van der Waals surface area contributed by atoms with E-state index in [1.54, 1.807) is 6.07 Å². The average molecular weight is 327 g/mol. The molecular formula is C18H23N4O2. The molecule has 0 bridgehead atoms. The van der Waals surface area contributed by atoms with Crippen LogP contribution in [0.2, 0.25) is 0 Å². The molecule has 6 nitrogen and oxygen atoms in total. The maximum Gasteiger partial charge on any atom is 0.258 e. The van der Waals surface area contributed by atoms with Crippen molar-refractivity contribution in [3.8, 4) is 16.9 Å². The van der Waals surface area contributed by atoms with Crippen molar-refractivity contribution in [2.45, 2.75) is 25.8 Å². The first-order valence-corrected chi connectivity index (χ1v) is 8.24. The summed E-state index contributed by atoms with van der Waals surface area (Å²) in [6, 6.07) is 8.82. The maximum absolute atomic E-state index is 12.1. The van der Waals surface area contributed by atoms with Gasteiger partial charge < -0.3 is 15.0 Å². The molecule has 2 heterocycles. The molecule has 24 heavy (non-hydrogen) atoms. The molecule has 1 aliphatic rings. The van der Waals surface area contributed by atoms with Gasteiger partial charge in [0, 0.05) is 17.8 Å². The smallest absolute Gasteiger partial charge is 0.258 e. The summed E-state index contributed by atoms with van der Waals surface area (Å²) in [7, 11) is 2.10. The van der Waals surface area contributed by atoms with E-state index in [1.807, 2.05) is 25.3 Å². The quantitative estimate of drug-likeness (QED) is 0.878. The van der Waals surface area contributed by atoms with Gasteiger partial charge in [-0.25, -0.2) is 0 Å². The van der Waals surface area contributed by atoms with Gasteiger partial charge in [0.05, 0.1) is 5.69 Å². The Balaban J connectivity index is 1.53. The standard InChI is InChI=1S/C18H23N4O2/c1-13-17(11-19-21-13)14-4-3-5-16(10-14)24-12-18(23)20-15-6-8-22(2)9-7-15/h4-5,10-11,15H,6-9,12H2,1-2H3,(H,19,21)(H,20,23). The van der Waals surface area contributed by atoms with Gasteiger partial charge in [0.15, 0.2) is 6.61 Å². The number of benzene rings is 1. The molecular weight excluding hydrogens is 304 g/mol. The summed E-state index contributed by atoms with van der Waals surface area (Å²) in [5, 5.41) is 10.0. The molecule has 2 aromatic rings. The second-order valence-corrected chi connectivity index (χ2v) is 6.28. The Morgan fingerprint density at radius 3 is 2.96 bits per heavy atom. The summed E-state index contributed by atoms with van der Waals surface area (Å²) in [6.45, 7) is 4.00. The van der Waals surface area contributed by atoms with Crippen LogP contribution < -0.4 is 10.1 Å². The summed E-state index contributed by atoms with van der Waals surface area (Å²) < 4.78 is 5.62. The Bertz CT molecular complexity index is 690. The van der Waals surface area contributed by atoms with Gasteiger partial charge in [-0.3, -0.25) is 9.89 Å². The summed E-state index contributed by atoms with van der Waals surface area (Å²) >= 11 is 0. The van der Waals surface area contributed by atoms with E-state index < -0.39 is 0 Å². The molecule has 0 atom stereocenters. The lowest BCUT2D eigenvalue weighted by molar-refractivity contribution is -0.124. The third kappa shape index (κ3) is 4.14. The van der Waals surface area contributed by atoms with Crippen molar-refractivity contribution in [2.24, 2.45) is 0 Å². The Hall–Kier alpha value is -2.34. The minimum atomic E-state index is -0.0746. The Kier molecular flexibility index (Phi) is 5.15. The third-order valence-electron chi connectivity index (χ3n) is 4.36. The van der Waals surface area contributed by atoms with Crippen LogP contribution in [0.3, 0.4) is 0 Å². The van der Waals surface area contributed by atoms with Crippen molar-refractivity contribution in [1.82, 2.24) is 20.4 Å². The SMILES string of the molecule is Cc1n[nH]cc1-c1c[c]cc(OCC(=O)NC2CCN(C)CC2)c1. The van der Waals surface area contributed by atoms with Crippen LogP contribution in [-0.2, 0) is 4.79 Å². The number of aryl methyl sites for hydroxylation is 1. The molecule has 6 heteroatoms. The first-order chi connectivity index (χ1) is 11.6. The molecule has 0 spiro atoms. The third-order valence-corrected chi connectivity index (χ3v) is 4.36. The van der Waals surface area contributed by atoms with Crippen molar-refractivity contribution in [3.63, 3.8) is 0 Å². The van der Waals surface area contributed by atoms with Crippen molar-refractivity contribution < 1.29 is 9.53 Å². The average Bonchev–Trinajstić information content (AvgIpc) is 3.01. The minimum Gasteiger partial charge on any atom is -0.484 e. The van der Waals surface area contributed by atoms with Crippen molar-refractivity contribution in [2.75, 3.05) is 26.7 Å². The Morgan fingerprint density at radius 2 is 2.25 bits per heavy atom. The van der Waals surface area contributed by atoms with Gasteiger partial charge in [0.2, 0.25) is 0 Å². The largest absolute Gasteiger partial charge is 0.484 e. The Morgan fingerprint density at radius 1 is 1.46 bits per heavy atom. The van der Waals surface area contributed by atoms with Gasteiger partial charge in [-0.15, -0.1) is 0 Å². The van der Waals surface area contributed by atoms with E-state index in [0.29, 0.717) is 5.75 Å². The van der Waals surface area contributed by atoms with Crippen molar-refractivity contribution in [1.29, 1.82) is 0 Å². The van der Waals surface area contributed by atoms with Gasteiger partial charge in [-0.1, -0.05) is 0 Å². The van der Waals surface area contributed by atoms with Gasteiger partial charge in [-0.05, 0) is 69.7 Å². The molecule has 1 fully saturated rings. The highest BCUT2D eigenvalue weighted by molar-refractivity contribution is 5.78. The molecule has 3 rings (SSSR count). The molecule has 1 aromatic carbocycles. The fraction of sp³-hybridized carbons (Fsp3) is 0.444. The number of piperidine rings is 1. The monoisotopic (exact) mass is 327 g/mol. The maximum atomic E-state index is 12.1. The first-order valence-electron chi connectivity index (χ1n) is 8.24. The molecule has 1 aliphatic heterocycles. The number of hydrogen-bond acceptors (Lipinski definition) is 4. The molecule has 0 aliphatic carbocycles. The Labute approximate surface area is 142 Å². The topological polar surface area (TPSA) is 70.2 Å². The van der Waals surface area contributed by atoms with Crippen LogP contribution in [0.4, 0.5) is 0 Å². The predicted molar refractivity (Wildman–Crippen MR) is 91.8 cm³/mol. The van der Waals surface area contributed by atoms with Crippen LogP contribution >= 0.6 is 0 Å². The lowest BCUT2D eigenvalue weighted by atomic mass is 10.1. The number of carbonyl (C=O) groups excluding carboxylic acids is 1. The number of nitrogens with zero attached hydrogens (tertiary/aromatic N) is 2. The van der Waals surface area contributed by atoms with Gasteiger partial charge in [0.25, 0.3) is 5.91 Å². The summed E-state index contributed by atoms with van der Waals surface area (Å²) in [5.74, 6) is 0.557. The van der Waals surface area contributed by atoms with Gasteiger partial charge in [0.1, 0.15) is 5.75 Å². The van der Waals surface area contributed by atoms with Crippen LogP contribution in [0.1, 0.15) is 18.5 Å². The molecule has 0 saturated carbocycles. The number of H-pyrrole nitrogens is 1. The molecule has 1 aromatic heterocycles. The fourth-order valence-electron chi connectivity index (χ4n) is 2.91. The summed E-state index contributed by atoms with van der Waals surface area (Å²) in [4.78, 5) is 14.3. The molecule has 2 N–H and O–H groups in total. The number of ether oxygens (including phenoxy) is 1. The first kappa shape index (κ1) is 16.5. The van der Waals surface area contributed by atoms with Crippen LogP contribution in [0.25, 0.3) is 11.1 Å². The zero-order chi connectivity index (χ0) is 16.9. The van der Waals surface area contributed by atoms with Gasteiger partial charge >= 0.3 is 0 Å². The molecule has 1 amide bonds.